The minimum absolute atomic E-state index is 0.0415. The second kappa shape index (κ2) is 5.40. The van der Waals surface area contributed by atoms with Gasteiger partial charge in [0.1, 0.15) is 0 Å². The summed E-state index contributed by atoms with van der Waals surface area (Å²) in [6, 6.07) is 7.83. The summed E-state index contributed by atoms with van der Waals surface area (Å²) in [7, 11) is 0. The predicted molar refractivity (Wildman–Crippen MR) is 72.9 cm³/mol. The van der Waals surface area contributed by atoms with Crippen LogP contribution in [0.3, 0.4) is 0 Å². The molecule has 0 spiro atoms. The molecule has 1 aromatic carbocycles. The largest absolute Gasteiger partial charge is 0.399 e. The van der Waals surface area contributed by atoms with Crippen molar-refractivity contribution in [2.45, 2.75) is 26.4 Å². The van der Waals surface area contributed by atoms with Crippen LogP contribution in [-0.4, -0.2) is 29.9 Å². The fourth-order valence-corrected chi connectivity index (χ4v) is 2.56. The maximum atomic E-state index is 11.9. The Morgan fingerprint density at radius 2 is 2.28 bits per heavy atom. The number of hydrogen-bond acceptors (Lipinski definition) is 3. The molecule has 18 heavy (non-hydrogen) atoms. The van der Waals surface area contributed by atoms with E-state index in [1.54, 1.807) is 0 Å². The number of nitrogen functional groups attached to an aromatic ring is 1. The maximum Gasteiger partial charge on any atom is 0.237 e. The highest BCUT2D eigenvalue weighted by molar-refractivity contribution is 5.82. The van der Waals surface area contributed by atoms with Crippen LogP contribution in [0.5, 0.6) is 0 Å². The summed E-state index contributed by atoms with van der Waals surface area (Å²) >= 11 is 0. The molecule has 1 unspecified atom stereocenters. The van der Waals surface area contributed by atoms with E-state index in [4.69, 9.17) is 5.73 Å². The molecule has 1 aromatic rings. The van der Waals surface area contributed by atoms with E-state index in [0.29, 0.717) is 5.92 Å². The Labute approximate surface area is 108 Å². The van der Waals surface area contributed by atoms with E-state index in [-0.39, 0.29) is 11.9 Å². The van der Waals surface area contributed by atoms with Gasteiger partial charge in [0.2, 0.25) is 5.91 Å². The Morgan fingerprint density at radius 3 is 2.94 bits per heavy atom. The summed E-state index contributed by atoms with van der Waals surface area (Å²) in [5, 5.41) is 2.94. The first kappa shape index (κ1) is 12.9. The van der Waals surface area contributed by atoms with Gasteiger partial charge >= 0.3 is 0 Å². The molecule has 1 aliphatic rings. The minimum Gasteiger partial charge on any atom is -0.399 e. The minimum atomic E-state index is -0.0415. The van der Waals surface area contributed by atoms with Crippen molar-refractivity contribution in [3.8, 4) is 0 Å². The molecule has 1 saturated heterocycles. The highest BCUT2D eigenvalue weighted by Crippen LogP contribution is 2.18. The number of nitrogens with two attached hydrogens (primary N) is 1. The zero-order valence-corrected chi connectivity index (χ0v) is 11.0. The lowest BCUT2D eigenvalue weighted by Crippen LogP contribution is -2.56. The van der Waals surface area contributed by atoms with Gasteiger partial charge in [-0.15, -0.1) is 0 Å². The fraction of sp³-hybridized carbons (Fsp3) is 0.500. The summed E-state index contributed by atoms with van der Waals surface area (Å²) in [4.78, 5) is 14.2. The summed E-state index contributed by atoms with van der Waals surface area (Å²) in [5.41, 5.74) is 7.72. The SMILES string of the molecule is CC(C)C1C(=O)NCCN1Cc1cccc(N)c1. The van der Waals surface area contributed by atoms with Crippen LogP contribution in [0, 0.1) is 5.92 Å². The van der Waals surface area contributed by atoms with Crippen LogP contribution in [0.4, 0.5) is 5.69 Å². The van der Waals surface area contributed by atoms with E-state index in [0.717, 1.165) is 30.9 Å². The van der Waals surface area contributed by atoms with Crippen molar-refractivity contribution in [1.82, 2.24) is 10.2 Å². The topological polar surface area (TPSA) is 58.4 Å². The number of rotatable bonds is 3. The van der Waals surface area contributed by atoms with E-state index < -0.39 is 0 Å². The van der Waals surface area contributed by atoms with Crippen molar-refractivity contribution in [2.75, 3.05) is 18.8 Å². The van der Waals surface area contributed by atoms with Gasteiger partial charge in [0, 0.05) is 25.3 Å². The molecule has 0 aliphatic carbocycles. The van der Waals surface area contributed by atoms with Gasteiger partial charge in [-0.3, -0.25) is 9.69 Å². The van der Waals surface area contributed by atoms with Gasteiger partial charge < -0.3 is 11.1 Å². The number of nitrogens with one attached hydrogen (secondary N) is 1. The number of benzene rings is 1. The number of hydrogen-bond donors (Lipinski definition) is 2. The summed E-state index contributed by atoms with van der Waals surface area (Å²) in [6.07, 6.45) is 0. The number of piperazine rings is 1. The van der Waals surface area contributed by atoms with E-state index in [1.165, 1.54) is 0 Å². The molecule has 0 radical (unpaired) electrons. The molecular weight excluding hydrogens is 226 g/mol. The summed E-state index contributed by atoms with van der Waals surface area (Å²) in [6.45, 7) is 6.57. The van der Waals surface area contributed by atoms with Gasteiger partial charge in [0.25, 0.3) is 0 Å². The highest BCUT2D eigenvalue weighted by atomic mass is 16.2. The molecular formula is C14H21N3O. The molecule has 0 saturated carbocycles. The van der Waals surface area contributed by atoms with Crippen molar-refractivity contribution in [3.63, 3.8) is 0 Å². The second-order valence-corrected chi connectivity index (χ2v) is 5.20. The first-order valence-corrected chi connectivity index (χ1v) is 6.44. The number of anilines is 1. The normalized spacial score (nSPS) is 21.1. The quantitative estimate of drug-likeness (QED) is 0.790. The second-order valence-electron chi connectivity index (χ2n) is 5.20. The lowest BCUT2D eigenvalue weighted by atomic mass is 9.99. The monoisotopic (exact) mass is 247 g/mol. The fourth-order valence-electron chi connectivity index (χ4n) is 2.56. The Hall–Kier alpha value is -1.55. The van der Waals surface area contributed by atoms with E-state index in [2.05, 4.69) is 30.1 Å². The Balaban J connectivity index is 2.13. The van der Waals surface area contributed by atoms with Crippen LogP contribution in [0.15, 0.2) is 24.3 Å². The van der Waals surface area contributed by atoms with Gasteiger partial charge in [0.15, 0.2) is 0 Å². The maximum absolute atomic E-state index is 11.9. The highest BCUT2D eigenvalue weighted by Gasteiger charge is 2.31. The zero-order chi connectivity index (χ0) is 13.1. The van der Waals surface area contributed by atoms with Crippen LogP contribution < -0.4 is 11.1 Å². The van der Waals surface area contributed by atoms with Crippen LogP contribution in [0.2, 0.25) is 0 Å². The van der Waals surface area contributed by atoms with E-state index >= 15 is 0 Å². The number of carbonyl (C=O) groups excluding carboxylic acids is 1. The lowest BCUT2D eigenvalue weighted by molar-refractivity contribution is -0.131. The first-order chi connectivity index (χ1) is 8.58. The van der Waals surface area contributed by atoms with Gasteiger partial charge in [-0.05, 0) is 23.6 Å². The van der Waals surface area contributed by atoms with E-state index in [9.17, 15) is 4.79 Å². The van der Waals surface area contributed by atoms with Gasteiger partial charge in [-0.1, -0.05) is 26.0 Å². The van der Waals surface area contributed by atoms with Crippen LogP contribution in [0.1, 0.15) is 19.4 Å². The molecule has 1 atom stereocenters. The van der Waals surface area contributed by atoms with Crippen LogP contribution in [0.25, 0.3) is 0 Å². The molecule has 0 bridgehead atoms. The molecule has 4 heteroatoms. The molecule has 1 amide bonds. The Kier molecular flexibility index (Phi) is 3.87. The van der Waals surface area contributed by atoms with Crippen molar-refractivity contribution >= 4 is 11.6 Å². The van der Waals surface area contributed by atoms with Gasteiger partial charge in [-0.2, -0.15) is 0 Å². The average Bonchev–Trinajstić information content (AvgIpc) is 2.28. The Bertz CT molecular complexity index is 431. The molecule has 1 fully saturated rings. The average molecular weight is 247 g/mol. The lowest BCUT2D eigenvalue weighted by Gasteiger charge is -2.37. The molecule has 0 aromatic heterocycles. The van der Waals surface area contributed by atoms with Crippen LogP contribution in [-0.2, 0) is 11.3 Å². The Morgan fingerprint density at radius 1 is 1.50 bits per heavy atom. The van der Waals surface area contributed by atoms with Crippen molar-refractivity contribution in [2.24, 2.45) is 5.92 Å². The zero-order valence-electron chi connectivity index (χ0n) is 11.0. The van der Waals surface area contributed by atoms with Gasteiger partial charge in [-0.25, -0.2) is 0 Å². The standard InChI is InChI=1S/C14H21N3O/c1-10(2)13-14(18)16-6-7-17(13)9-11-4-3-5-12(15)8-11/h3-5,8,10,13H,6-7,9,15H2,1-2H3,(H,16,18). The molecule has 98 valence electrons. The van der Waals surface area contributed by atoms with Gasteiger partial charge in [0.05, 0.1) is 6.04 Å². The third kappa shape index (κ3) is 2.82. The molecule has 1 heterocycles. The predicted octanol–water partition coefficient (Wildman–Crippen LogP) is 1.23. The smallest absolute Gasteiger partial charge is 0.237 e. The van der Waals surface area contributed by atoms with Crippen molar-refractivity contribution < 1.29 is 4.79 Å². The number of nitrogens with zero attached hydrogens (tertiary/aromatic N) is 1. The molecule has 1 aliphatic heterocycles. The van der Waals surface area contributed by atoms with E-state index in [1.807, 2.05) is 18.2 Å². The summed E-state index contributed by atoms with van der Waals surface area (Å²) in [5.74, 6) is 0.450. The molecule has 4 nitrogen and oxygen atoms in total. The third-order valence-corrected chi connectivity index (χ3v) is 3.33. The number of carbonyl (C=O) groups is 1. The number of amides is 1. The summed E-state index contributed by atoms with van der Waals surface area (Å²) < 4.78 is 0. The molecule has 3 N–H and O–H groups in total. The third-order valence-electron chi connectivity index (χ3n) is 3.33. The van der Waals surface area contributed by atoms with Crippen LogP contribution >= 0.6 is 0 Å². The first-order valence-electron chi connectivity index (χ1n) is 6.44. The van der Waals surface area contributed by atoms with Crippen molar-refractivity contribution in [1.29, 1.82) is 0 Å². The molecule has 2 rings (SSSR count). The van der Waals surface area contributed by atoms with Crippen molar-refractivity contribution in [3.05, 3.63) is 29.8 Å².